The van der Waals surface area contributed by atoms with Gasteiger partial charge in [0.15, 0.2) is 5.75 Å². The monoisotopic (exact) mass is 330 g/mol. The minimum absolute atomic E-state index is 0.127. The van der Waals surface area contributed by atoms with Gasteiger partial charge in [-0.05, 0) is 30.0 Å². The third kappa shape index (κ3) is 2.68. The predicted octanol–water partition coefficient (Wildman–Crippen LogP) is 4.04. The topological polar surface area (TPSA) is 81.3 Å². The van der Waals surface area contributed by atoms with Gasteiger partial charge in [0, 0.05) is 22.2 Å². The van der Waals surface area contributed by atoms with Gasteiger partial charge in [-0.15, -0.1) is 0 Å². The lowest BCUT2D eigenvalue weighted by atomic mass is 10.0. The fourth-order valence-electron chi connectivity index (χ4n) is 3.13. The Labute approximate surface area is 141 Å². The molecule has 0 saturated heterocycles. The van der Waals surface area contributed by atoms with Crippen LogP contribution in [0.15, 0.2) is 18.2 Å². The zero-order valence-electron chi connectivity index (χ0n) is 14.8. The smallest absolute Gasteiger partial charge is 0.152 e. The molecule has 0 aliphatic carbocycles. The molecule has 3 aromatic rings. The number of aliphatic hydroxyl groups excluding tert-OH is 2. The first-order valence-electron chi connectivity index (χ1n) is 8.41. The van der Waals surface area contributed by atoms with E-state index in [-0.39, 0.29) is 11.8 Å². The SMILES string of the molecule is COc1c2cc([C@H](O)C(C)C)[nH]c2cc2cc([C@H](O)C(C)C)[nH]c12. The Bertz CT molecular complexity index is 794. The lowest BCUT2D eigenvalue weighted by molar-refractivity contribution is 0.123. The molecule has 130 valence electrons. The van der Waals surface area contributed by atoms with Crippen LogP contribution in [0, 0.1) is 11.8 Å². The minimum Gasteiger partial charge on any atom is -0.494 e. The molecule has 2 heterocycles. The first kappa shape index (κ1) is 16.9. The molecule has 1 aromatic carbocycles. The summed E-state index contributed by atoms with van der Waals surface area (Å²) < 4.78 is 5.63. The lowest BCUT2D eigenvalue weighted by Gasteiger charge is -2.12. The van der Waals surface area contributed by atoms with Crippen LogP contribution < -0.4 is 4.74 Å². The van der Waals surface area contributed by atoms with E-state index < -0.39 is 12.2 Å². The molecule has 2 atom stereocenters. The Balaban J connectivity index is 2.19. The summed E-state index contributed by atoms with van der Waals surface area (Å²) in [7, 11) is 1.64. The molecule has 3 rings (SSSR count). The maximum atomic E-state index is 10.3. The molecule has 0 saturated carbocycles. The molecule has 0 fully saturated rings. The number of fused-ring (bicyclic) bond motifs is 2. The molecule has 5 nitrogen and oxygen atoms in total. The van der Waals surface area contributed by atoms with Gasteiger partial charge in [0.2, 0.25) is 0 Å². The number of benzene rings is 1. The molecule has 0 unspecified atom stereocenters. The van der Waals surface area contributed by atoms with E-state index in [0.717, 1.165) is 38.9 Å². The van der Waals surface area contributed by atoms with Crippen LogP contribution in [-0.4, -0.2) is 27.3 Å². The fourth-order valence-corrected chi connectivity index (χ4v) is 3.13. The predicted molar refractivity (Wildman–Crippen MR) is 96.3 cm³/mol. The van der Waals surface area contributed by atoms with Gasteiger partial charge in [0.1, 0.15) is 0 Å². The summed E-state index contributed by atoms with van der Waals surface area (Å²) in [6.45, 7) is 7.93. The number of aromatic amines is 2. The highest BCUT2D eigenvalue weighted by Gasteiger charge is 2.20. The van der Waals surface area contributed by atoms with Gasteiger partial charge in [-0.3, -0.25) is 0 Å². The second-order valence-corrected chi connectivity index (χ2v) is 7.16. The van der Waals surface area contributed by atoms with Gasteiger partial charge in [-0.25, -0.2) is 0 Å². The van der Waals surface area contributed by atoms with Crippen LogP contribution in [0.3, 0.4) is 0 Å². The maximum absolute atomic E-state index is 10.3. The molecule has 0 radical (unpaired) electrons. The van der Waals surface area contributed by atoms with E-state index in [1.807, 2.05) is 45.9 Å². The van der Waals surface area contributed by atoms with Crippen molar-refractivity contribution in [1.82, 2.24) is 9.97 Å². The quantitative estimate of drug-likeness (QED) is 0.570. The first-order valence-corrected chi connectivity index (χ1v) is 8.41. The molecule has 24 heavy (non-hydrogen) atoms. The average Bonchev–Trinajstić information content (AvgIpc) is 3.13. The largest absolute Gasteiger partial charge is 0.494 e. The molecule has 4 N–H and O–H groups in total. The zero-order chi connectivity index (χ0) is 17.6. The fraction of sp³-hybridized carbons (Fsp3) is 0.474. The summed E-state index contributed by atoms with van der Waals surface area (Å²) in [4.78, 5) is 6.60. The van der Waals surface area contributed by atoms with Crippen molar-refractivity contribution in [3.05, 3.63) is 29.6 Å². The number of H-pyrrole nitrogens is 2. The third-order valence-corrected chi connectivity index (χ3v) is 4.61. The number of nitrogens with one attached hydrogen (secondary N) is 2. The highest BCUT2D eigenvalue weighted by molar-refractivity contribution is 6.03. The van der Waals surface area contributed by atoms with Crippen LogP contribution in [-0.2, 0) is 0 Å². The number of methoxy groups -OCH3 is 1. The van der Waals surface area contributed by atoms with Crippen molar-refractivity contribution in [3.8, 4) is 5.75 Å². The van der Waals surface area contributed by atoms with E-state index in [4.69, 9.17) is 4.74 Å². The molecule has 0 aliphatic heterocycles. The van der Waals surface area contributed by atoms with E-state index in [9.17, 15) is 10.2 Å². The third-order valence-electron chi connectivity index (χ3n) is 4.61. The first-order chi connectivity index (χ1) is 11.3. The highest BCUT2D eigenvalue weighted by atomic mass is 16.5. The maximum Gasteiger partial charge on any atom is 0.152 e. The minimum atomic E-state index is -0.543. The Morgan fingerprint density at radius 2 is 1.46 bits per heavy atom. The van der Waals surface area contributed by atoms with Gasteiger partial charge in [0.25, 0.3) is 0 Å². The standard InChI is InChI=1S/C19H26N2O3/c1-9(2)17(22)14-7-11-6-13-12(19(24-5)16(11)21-14)8-15(20-13)18(23)10(3)4/h6-10,17-18,20-23H,1-5H3/t17-,18-/m1/s1. The summed E-state index contributed by atoms with van der Waals surface area (Å²) in [5.74, 6) is 0.978. The van der Waals surface area contributed by atoms with Crippen molar-refractivity contribution in [1.29, 1.82) is 0 Å². The number of hydrogen-bond donors (Lipinski definition) is 4. The van der Waals surface area contributed by atoms with E-state index in [1.165, 1.54) is 0 Å². The molecule has 0 aliphatic rings. The Morgan fingerprint density at radius 1 is 0.875 bits per heavy atom. The normalized spacial score (nSPS) is 14.9. The van der Waals surface area contributed by atoms with Crippen molar-refractivity contribution >= 4 is 21.8 Å². The van der Waals surface area contributed by atoms with Crippen LogP contribution >= 0.6 is 0 Å². The van der Waals surface area contributed by atoms with Gasteiger partial charge in [0.05, 0.1) is 30.4 Å². The second kappa shape index (κ2) is 6.15. The van der Waals surface area contributed by atoms with E-state index >= 15 is 0 Å². The number of hydrogen-bond acceptors (Lipinski definition) is 3. The van der Waals surface area contributed by atoms with E-state index in [0.29, 0.717) is 0 Å². The summed E-state index contributed by atoms with van der Waals surface area (Å²) in [6.07, 6.45) is -1.09. The molecule has 2 aromatic heterocycles. The molecule has 0 spiro atoms. The lowest BCUT2D eigenvalue weighted by Crippen LogP contribution is -2.05. The molecular formula is C19H26N2O3. The van der Waals surface area contributed by atoms with Gasteiger partial charge < -0.3 is 24.9 Å². The Morgan fingerprint density at radius 3 is 2.00 bits per heavy atom. The Kier molecular flexibility index (Phi) is 4.32. The highest BCUT2D eigenvalue weighted by Crippen LogP contribution is 2.38. The molecule has 0 bridgehead atoms. The number of aromatic nitrogens is 2. The number of aliphatic hydroxyl groups is 2. The van der Waals surface area contributed by atoms with E-state index in [2.05, 4.69) is 9.97 Å². The summed E-state index contributed by atoms with van der Waals surface area (Å²) in [6, 6.07) is 5.93. The van der Waals surface area contributed by atoms with Crippen LogP contribution in [0.5, 0.6) is 5.75 Å². The average molecular weight is 330 g/mol. The zero-order valence-corrected chi connectivity index (χ0v) is 14.8. The summed E-state index contributed by atoms with van der Waals surface area (Å²) in [5.41, 5.74) is 3.35. The summed E-state index contributed by atoms with van der Waals surface area (Å²) in [5, 5.41) is 22.5. The van der Waals surface area contributed by atoms with Gasteiger partial charge in [-0.2, -0.15) is 0 Å². The van der Waals surface area contributed by atoms with Crippen LogP contribution in [0.25, 0.3) is 21.8 Å². The van der Waals surface area contributed by atoms with Crippen molar-refractivity contribution in [3.63, 3.8) is 0 Å². The molecule has 0 amide bonds. The number of rotatable bonds is 5. The van der Waals surface area contributed by atoms with Crippen molar-refractivity contribution < 1.29 is 14.9 Å². The number of ether oxygens (including phenoxy) is 1. The second-order valence-electron chi connectivity index (χ2n) is 7.16. The van der Waals surface area contributed by atoms with Crippen LogP contribution in [0.2, 0.25) is 0 Å². The molecular weight excluding hydrogens is 304 g/mol. The van der Waals surface area contributed by atoms with Crippen molar-refractivity contribution in [2.45, 2.75) is 39.9 Å². The van der Waals surface area contributed by atoms with Gasteiger partial charge in [-0.1, -0.05) is 27.7 Å². The Hall–Kier alpha value is -1.98. The van der Waals surface area contributed by atoms with Gasteiger partial charge >= 0.3 is 0 Å². The van der Waals surface area contributed by atoms with Crippen molar-refractivity contribution in [2.24, 2.45) is 11.8 Å². The van der Waals surface area contributed by atoms with Crippen molar-refractivity contribution in [2.75, 3.05) is 7.11 Å². The van der Waals surface area contributed by atoms with Crippen LogP contribution in [0.1, 0.15) is 51.3 Å². The molecule has 5 heteroatoms. The van der Waals surface area contributed by atoms with E-state index in [1.54, 1.807) is 7.11 Å². The van der Waals surface area contributed by atoms with Crippen LogP contribution in [0.4, 0.5) is 0 Å². The summed E-state index contributed by atoms with van der Waals surface area (Å²) >= 11 is 0.